The van der Waals surface area contributed by atoms with E-state index in [2.05, 4.69) is 50.5 Å². The molecule has 40 heavy (non-hydrogen) atoms. The van der Waals surface area contributed by atoms with E-state index in [1.165, 1.54) is 37.9 Å². The standard InChI is InChI=1S/C33H45N5O2/c1-3-25-11-5-6-12-26(25)21-35-33(40)32(24(2)29-22-34-30-14-8-7-13-28(29)30)36-31(39)23-37-19-15-27(16-20-37)38-17-9-4-10-18-38/h5-8,11-14,22,24,27,32,34H,3-4,9-10,15-21,23H2,1-2H3,(H,35,40)(H,36,39). The average Bonchev–Trinajstić information content (AvgIpc) is 3.43. The maximum atomic E-state index is 13.7. The van der Waals surface area contributed by atoms with Crippen LogP contribution in [0.4, 0.5) is 0 Å². The monoisotopic (exact) mass is 543 g/mol. The van der Waals surface area contributed by atoms with E-state index >= 15 is 0 Å². The second kappa shape index (κ2) is 13.5. The summed E-state index contributed by atoms with van der Waals surface area (Å²) in [6, 6.07) is 16.3. The maximum Gasteiger partial charge on any atom is 0.243 e. The van der Waals surface area contributed by atoms with Crippen molar-refractivity contribution in [1.29, 1.82) is 0 Å². The minimum Gasteiger partial charge on any atom is -0.361 e. The number of nitrogens with one attached hydrogen (secondary N) is 3. The number of fused-ring (bicyclic) bond motifs is 1. The Kier molecular flexibility index (Phi) is 9.55. The topological polar surface area (TPSA) is 80.5 Å². The largest absolute Gasteiger partial charge is 0.361 e. The minimum atomic E-state index is -0.675. The summed E-state index contributed by atoms with van der Waals surface area (Å²) >= 11 is 0. The lowest BCUT2D eigenvalue weighted by molar-refractivity contribution is -0.130. The number of rotatable bonds is 10. The second-order valence-corrected chi connectivity index (χ2v) is 11.6. The lowest BCUT2D eigenvalue weighted by atomic mass is 9.92. The molecule has 2 amide bonds. The van der Waals surface area contributed by atoms with Gasteiger partial charge >= 0.3 is 0 Å². The molecule has 2 aliphatic heterocycles. The summed E-state index contributed by atoms with van der Waals surface area (Å²) in [5, 5.41) is 7.35. The van der Waals surface area contributed by atoms with Gasteiger partial charge in [0.05, 0.1) is 6.54 Å². The molecule has 3 aromatic rings. The first-order chi connectivity index (χ1) is 19.5. The number of aryl methyl sites for hydroxylation is 1. The van der Waals surface area contributed by atoms with Crippen molar-refractivity contribution in [3.63, 3.8) is 0 Å². The number of H-pyrrole nitrogens is 1. The van der Waals surface area contributed by atoms with Gasteiger partial charge in [0.15, 0.2) is 0 Å². The van der Waals surface area contributed by atoms with Gasteiger partial charge in [-0.2, -0.15) is 0 Å². The summed E-state index contributed by atoms with van der Waals surface area (Å²) in [7, 11) is 0. The minimum absolute atomic E-state index is 0.0859. The first-order valence-corrected chi connectivity index (χ1v) is 15.2. The van der Waals surface area contributed by atoms with Crippen LogP contribution in [0, 0.1) is 0 Å². The lowest BCUT2D eigenvalue weighted by Gasteiger charge is -2.40. The molecule has 7 heteroatoms. The van der Waals surface area contributed by atoms with E-state index in [4.69, 9.17) is 0 Å². The van der Waals surface area contributed by atoms with Crippen LogP contribution < -0.4 is 10.6 Å². The quantitative estimate of drug-likeness (QED) is 0.350. The van der Waals surface area contributed by atoms with Crippen molar-refractivity contribution in [2.45, 2.75) is 76.9 Å². The van der Waals surface area contributed by atoms with E-state index in [-0.39, 0.29) is 17.7 Å². The number of piperidine rings is 2. The fourth-order valence-corrected chi connectivity index (χ4v) is 6.58. The number of aromatic amines is 1. The van der Waals surface area contributed by atoms with Gasteiger partial charge in [-0.25, -0.2) is 0 Å². The van der Waals surface area contributed by atoms with Crippen LogP contribution >= 0.6 is 0 Å². The molecule has 0 aliphatic carbocycles. The molecule has 2 unspecified atom stereocenters. The number of amides is 2. The fraction of sp³-hybridized carbons (Fsp3) is 0.515. The summed E-state index contributed by atoms with van der Waals surface area (Å²) in [4.78, 5) is 35.3. The van der Waals surface area contributed by atoms with Crippen LogP contribution in [0.2, 0.25) is 0 Å². The van der Waals surface area contributed by atoms with Crippen molar-refractivity contribution in [1.82, 2.24) is 25.4 Å². The van der Waals surface area contributed by atoms with Gasteiger partial charge in [0, 0.05) is 48.7 Å². The van der Waals surface area contributed by atoms with Crippen molar-refractivity contribution in [2.75, 3.05) is 32.7 Å². The van der Waals surface area contributed by atoms with Crippen LogP contribution in [0.3, 0.4) is 0 Å². The van der Waals surface area contributed by atoms with E-state index < -0.39 is 6.04 Å². The number of likely N-dealkylation sites (tertiary alicyclic amines) is 2. The molecule has 0 radical (unpaired) electrons. The molecule has 2 atom stereocenters. The third-order valence-corrected chi connectivity index (χ3v) is 8.99. The molecule has 7 nitrogen and oxygen atoms in total. The zero-order valence-electron chi connectivity index (χ0n) is 24.1. The highest BCUT2D eigenvalue weighted by Gasteiger charge is 2.31. The third-order valence-electron chi connectivity index (χ3n) is 8.99. The number of aromatic nitrogens is 1. The van der Waals surface area contributed by atoms with Crippen LogP contribution in [-0.2, 0) is 22.6 Å². The van der Waals surface area contributed by atoms with E-state index in [9.17, 15) is 9.59 Å². The number of hydrogen-bond donors (Lipinski definition) is 3. The molecule has 2 aromatic carbocycles. The zero-order valence-corrected chi connectivity index (χ0v) is 24.1. The molecule has 5 rings (SSSR count). The normalized spacial score (nSPS) is 18.9. The maximum absolute atomic E-state index is 13.7. The molecule has 0 bridgehead atoms. The second-order valence-electron chi connectivity index (χ2n) is 11.6. The molecule has 1 aromatic heterocycles. The predicted octanol–water partition coefficient (Wildman–Crippen LogP) is 4.59. The Morgan fingerprint density at radius 2 is 1.65 bits per heavy atom. The van der Waals surface area contributed by atoms with Gasteiger partial charge in [-0.15, -0.1) is 0 Å². The Hall–Kier alpha value is -3.16. The Bertz CT molecular complexity index is 1270. The number of carbonyl (C=O) groups is 2. The Balaban J connectivity index is 1.25. The van der Waals surface area contributed by atoms with Gasteiger partial charge in [-0.1, -0.05) is 62.7 Å². The van der Waals surface area contributed by atoms with Gasteiger partial charge < -0.3 is 20.5 Å². The Morgan fingerprint density at radius 3 is 2.40 bits per heavy atom. The summed E-state index contributed by atoms with van der Waals surface area (Å²) in [6.07, 6.45) is 9.08. The van der Waals surface area contributed by atoms with Crippen molar-refractivity contribution in [2.24, 2.45) is 0 Å². The van der Waals surface area contributed by atoms with E-state index in [1.807, 2.05) is 43.5 Å². The van der Waals surface area contributed by atoms with Crippen LogP contribution in [-0.4, -0.2) is 71.4 Å². The number of para-hydroxylation sites is 1. The molecule has 3 N–H and O–H groups in total. The van der Waals surface area contributed by atoms with E-state index in [0.717, 1.165) is 54.4 Å². The summed E-state index contributed by atoms with van der Waals surface area (Å²) in [5.74, 6) is -0.440. The zero-order chi connectivity index (χ0) is 27.9. The number of hydrogen-bond acceptors (Lipinski definition) is 4. The number of carbonyl (C=O) groups excluding carboxylic acids is 2. The van der Waals surface area contributed by atoms with Crippen molar-refractivity contribution in [3.8, 4) is 0 Å². The number of nitrogens with zero attached hydrogens (tertiary/aromatic N) is 2. The highest BCUT2D eigenvalue weighted by molar-refractivity contribution is 5.91. The molecule has 214 valence electrons. The van der Waals surface area contributed by atoms with Gasteiger partial charge in [0.2, 0.25) is 11.8 Å². The molecule has 2 aliphatic rings. The van der Waals surface area contributed by atoms with Gasteiger partial charge in [-0.05, 0) is 68.0 Å². The highest BCUT2D eigenvalue weighted by atomic mass is 16.2. The van der Waals surface area contributed by atoms with Crippen LogP contribution in [0.5, 0.6) is 0 Å². The summed E-state index contributed by atoms with van der Waals surface area (Å²) < 4.78 is 0. The fourth-order valence-electron chi connectivity index (χ4n) is 6.58. The Morgan fingerprint density at radius 1 is 0.950 bits per heavy atom. The van der Waals surface area contributed by atoms with Crippen molar-refractivity contribution >= 4 is 22.7 Å². The Labute approximate surface area is 238 Å². The van der Waals surface area contributed by atoms with Gasteiger partial charge in [-0.3, -0.25) is 14.5 Å². The first kappa shape index (κ1) is 28.4. The average molecular weight is 544 g/mol. The smallest absolute Gasteiger partial charge is 0.243 e. The van der Waals surface area contributed by atoms with E-state index in [0.29, 0.717) is 19.1 Å². The van der Waals surface area contributed by atoms with Crippen LogP contribution in [0.25, 0.3) is 10.9 Å². The lowest BCUT2D eigenvalue weighted by Crippen LogP contribution is -2.53. The molecular weight excluding hydrogens is 498 g/mol. The van der Waals surface area contributed by atoms with Crippen molar-refractivity contribution in [3.05, 3.63) is 71.4 Å². The molecule has 2 saturated heterocycles. The van der Waals surface area contributed by atoms with E-state index in [1.54, 1.807) is 0 Å². The predicted molar refractivity (Wildman–Crippen MR) is 161 cm³/mol. The van der Waals surface area contributed by atoms with Crippen LogP contribution in [0.1, 0.15) is 68.6 Å². The number of benzene rings is 2. The van der Waals surface area contributed by atoms with Gasteiger partial charge in [0.25, 0.3) is 0 Å². The molecule has 3 heterocycles. The molecule has 0 spiro atoms. The highest BCUT2D eigenvalue weighted by Crippen LogP contribution is 2.28. The SMILES string of the molecule is CCc1ccccc1CNC(=O)C(NC(=O)CN1CCC(N2CCCCC2)CC1)C(C)c1c[nH]c2ccccc12. The molecule has 0 saturated carbocycles. The van der Waals surface area contributed by atoms with Gasteiger partial charge in [0.1, 0.15) is 6.04 Å². The van der Waals surface area contributed by atoms with Crippen molar-refractivity contribution < 1.29 is 9.59 Å². The van der Waals surface area contributed by atoms with Crippen LogP contribution in [0.15, 0.2) is 54.7 Å². The molecule has 2 fully saturated rings. The summed E-state index contributed by atoms with van der Waals surface area (Å²) in [5.41, 5.74) is 4.40. The summed E-state index contributed by atoms with van der Waals surface area (Å²) in [6.45, 7) is 9.22. The third kappa shape index (κ3) is 6.76. The molecular formula is C33H45N5O2. The first-order valence-electron chi connectivity index (χ1n) is 15.2.